The van der Waals surface area contributed by atoms with Crippen molar-refractivity contribution in [1.82, 2.24) is 5.32 Å². The van der Waals surface area contributed by atoms with Gasteiger partial charge >= 0.3 is 11.9 Å². The van der Waals surface area contributed by atoms with Crippen LogP contribution in [0.4, 0.5) is 5.69 Å². The molecule has 20 heavy (non-hydrogen) atoms. The monoisotopic (exact) mass is 280 g/mol. The number of hydrogen-bond acceptors (Lipinski definition) is 4. The molecule has 8 nitrogen and oxygen atoms in total. The molecule has 0 saturated carbocycles. The number of anilines is 1. The zero-order chi connectivity index (χ0) is 15.1. The van der Waals surface area contributed by atoms with Crippen LogP contribution >= 0.6 is 0 Å². The molecule has 1 atom stereocenters. The second-order valence-corrected chi connectivity index (χ2v) is 3.80. The zero-order valence-electron chi connectivity index (χ0n) is 10.2. The molecule has 0 bridgehead atoms. The molecular weight excluding hydrogens is 268 g/mol. The van der Waals surface area contributed by atoms with Crippen molar-refractivity contribution in [2.45, 2.75) is 12.5 Å². The van der Waals surface area contributed by atoms with Gasteiger partial charge in [0, 0.05) is 11.3 Å². The summed E-state index contributed by atoms with van der Waals surface area (Å²) in [5.74, 6) is -3.47. The summed E-state index contributed by atoms with van der Waals surface area (Å²) in [6.07, 6.45) is -0.242. The van der Waals surface area contributed by atoms with E-state index >= 15 is 0 Å². The number of aliphatic carboxylic acids is 2. The van der Waals surface area contributed by atoms with Crippen molar-refractivity contribution in [3.05, 3.63) is 29.8 Å². The van der Waals surface area contributed by atoms with Crippen LogP contribution in [0.25, 0.3) is 0 Å². The van der Waals surface area contributed by atoms with E-state index in [0.29, 0.717) is 12.1 Å². The maximum absolute atomic E-state index is 11.8. The first kappa shape index (κ1) is 15.2. The molecule has 0 aliphatic rings. The van der Waals surface area contributed by atoms with Gasteiger partial charge in [-0.2, -0.15) is 0 Å². The minimum atomic E-state index is -1.51. The third-order valence-corrected chi connectivity index (χ3v) is 2.35. The first-order valence-electron chi connectivity index (χ1n) is 5.49. The minimum absolute atomic E-state index is 0.151. The van der Waals surface area contributed by atoms with Gasteiger partial charge in [-0.15, -0.1) is 0 Å². The molecule has 0 aliphatic heterocycles. The molecular formula is C12H12N2O6. The Morgan fingerprint density at radius 1 is 1.15 bits per heavy atom. The number of carboxylic acids is 2. The highest BCUT2D eigenvalue weighted by molar-refractivity contribution is 5.97. The molecule has 0 fully saturated rings. The molecule has 8 heteroatoms. The fourth-order valence-electron chi connectivity index (χ4n) is 1.40. The fourth-order valence-corrected chi connectivity index (χ4v) is 1.40. The molecule has 0 saturated heterocycles. The van der Waals surface area contributed by atoms with Crippen LogP contribution in [-0.4, -0.2) is 40.5 Å². The fraction of sp³-hybridized carbons (Fsp3) is 0.167. The van der Waals surface area contributed by atoms with Crippen molar-refractivity contribution < 1.29 is 29.4 Å². The third-order valence-electron chi connectivity index (χ3n) is 2.35. The Hall–Kier alpha value is -2.90. The normalized spacial score (nSPS) is 11.2. The van der Waals surface area contributed by atoms with Gasteiger partial charge in [-0.25, -0.2) is 4.79 Å². The standard InChI is InChI=1S/C12H12N2O6/c15-6-13-8-3-1-7(2-4-8)11(18)14-9(12(19)20)5-10(16)17/h1-4,6,9H,5H2,(H,13,15)(H,14,18)(H,16,17)(H,19,20)/t9-/m0/s1. The van der Waals surface area contributed by atoms with Gasteiger partial charge in [0.25, 0.3) is 5.91 Å². The van der Waals surface area contributed by atoms with Crippen molar-refractivity contribution in [3.63, 3.8) is 0 Å². The molecule has 0 heterocycles. The van der Waals surface area contributed by atoms with E-state index in [-0.39, 0.29) is 5.56 Å². The van der Waals surface area contributed by atoms with Gasteiger partial charge < -0.3 is 20.8 Å². The summed E-state index contributed by atoms with van der Waals surface area (Å²) in [5.41, 5.74) is 0.620. The van der Waals surface area contributed by atoms with Crippen LogP contribution in [0, 0.1) is 0 Å². The predicted molar refractivity (Wildman–Crippen MR) is 67.3 cm³/mol. The lowest BCUT2D eigenvalue weighted by molar-refractivity contribution is -0.145. The predicted octanol–water partition coefficient (Wildman–Crippen LogP) is -0.0874. The molecule has 0 aliphatic carbocycles. The quantitative estimate of drug-likeness (QED) is 0.516. The lowest BCUT2D eigenvalue weighted by atomic mass is 10.1. The number of carbonyl (C=O) groups excluding carboxylic acids is 2. The summed E-state index contributed by atoms with van der Waals surface area (Å²) >= 11 is 0. The van der Waals surface area contributed by atoms with Crippen LogP contribution in [0.2, 0.25) is 0 Å². The molecule has 0 spiro atoms. The van der Waals surface area contributed by atoms with Crippen LogP contribution in [-0.2, 0) is 14.4 Å². The van der Waals surface area contributed by atoms with Crippen molar-refractivity contribution in [1.29, 1.82) is 0 Å². The molecule has 1 aromatic carbocycles. The van der Waals surface area contributed by atoms with Crippen molar-refractivity contribution in [2.75, 3.05) is 5.32 Å². The first-order chi connectivity index (χ1) is 9.43. The average Bonchev–Trinajstić information content (AvgIpc) is 2.38. The summed E-state index contributed by atoms with van der Waals surface area (Å²) in [7, 11) is 0. The molecule has 2 amide bonds. The average molecular weight is 280 g/mol. The lowest BCUT2D eigenvalue weighted by Crippen LogP contribution is -2.42. The highest BCUT2D eigenvalue weighted by atomic mass is 16.4. The number of nitrogens with one attached hydrogen (secondary N) is 2. The number of rotatable bonds is 7. The highest BCUT2D eigenvalue weighted by Crippen LogP contribution is 2.09. The molecule has 1 aromatic rings. The van der Waals surface area contributed by atoms with E-state index in [1.165, 1.54) is 24.3 Å². The van der Waals surface area contributed by atoms with E-state index in [2.05, 4.69) is 10.6 Å². The second-order valence-electron chi connectivity index (χ2n) is 3.80. The minimum Gasteiger partial charge on any atom is -0.481 e. The Labute approximate surface area is 113 Å². The van der Waals surface area contributed by atoms with Crippen molar-refractivity contribution in [3.8, 4) is 0 Å². The van der Waals surface area contributed by atoms with Gasteiger partial charge in [0.15, 0.2) is 0 Å². The molecule has 0 aromatic heterocycles. The zero-order valence-corrected chi connectivity index (χ0v) is 10.2. The van der Waals surface area contributed by atoms with E-state index in [1.807, 2.05) is 0 Å². The number of hydrogen-bond donors (Lipinski definition) is 4. The van der Waals surface area contributed by atoms with E-state index in [1.54, 1.807) is 0 Å². The van der Waals surface area contributed by atoms with Crippen LogP contribution in [0.15, 0.2) is 24.3 Å². The number of carbonyl (C=O) groups is 4. The van der Waals surface area contributed by atoms with E-state index in [9.17, 15) is 19.2 Å². The third kappa shape index (κ3) is 4.41. The van der Waals surface area contributed by atoms with Crippen LogP contribution in [0.3, 0.4) is 0 Å². The summed E-state index contributed by atoms with van der Waals surface area (Å²) in [5, 5.41) is 21.8. The second kappa shape index (κ2) is 6.88. The smallest absolute Gasteiger partial charge is 0.326 e. The maximum atomic E-state index is 11.8. The highest BCUT2D eigenvalue weighted by Gasteiger charge is 2.23. The first-order valence-corrected chi connectivity index (χ1v) is 5.49. The lowest BCUT2D eigenvalue weighted by Gasteiger charge is -2.12. The van der Waals surface area contributed by atoms with Gasteiger partial charge in [0.2, 0.25) is 6.41 Å². The van der Waals surface area contributed by atoms with Gasteiger partial charge in [-0.3, -0.25) is 14.4 Å². The Morgan fingerprint density at radius 2 is 1.75 bits per heavy atom. The number of amides is 2. The molecule has 4 N–H and O–H groups in total. The number of carboxylic acid groups (broad SMARTS) is 2. The Morgan fingerprint density at radius 3 is 2.20 bits per heavy atom. The SMILES string of the molecule is O=CNc1ccc(C(=O)N[C@@H](CC(=O)O)C(=O)O)cc1. The summed E-state index contributed by atoms with van der Waals surface area (Å²) < 4.78 is 0. The van der Waals surface area contributed by atoms with Gasteiger partial charge in [0.05, 0.1) is 6.42 Å². The Bertz CT molecular complexity index is 525. The van der Waals surface area contributed by atoms with E-state index < -0.39 is 30.3 Å². The van der Waals surface area contributed by atoms with E-state index in [4.69, 9.17) is 10.2 Å². The molecule has 0 radical (unpaired) electrons. The maximum Gasteiger partial charge on any atom is 0.326 e. The molecule has 0 unspecified atom stereocenters. The largest absolute Gasteiger partial charge is 0.481 e. The van der Waals surface area contributed by atoms with Gasteiger partial charge in [-0.1, -0.05) is 0 Å². The topological polar surface area (TPSA) is 133 Å². The Balaban J connectivity index is 2.75. The Kier molecular flexibility index (Phi) is 5.21. The summed E-state index contributed by atoms with van der Waals surface area (Å²) in [4.78, 5) is 43.3. The van der Waals surface area contributed by atoms with Gasteiger partial charge in [-0.05, 0) is 24.3 Å². The summed E-state index contributed by atoms with van der Waals surface area (Å²) in [6, 6.07) is 4.15. The van der Waals surface area contributed by atoms with Crippen molar-refractivity contribution in [2.24, 2.45) is 0 Å². The van der Waals surface area contributed by atoms with Crippen LogP contribution < -0.4 is 10.6 Å². The summed E-state index contributed by atoms with van der Waals surface area (Å²) in [6.45, 7) is 0. The molecule has 106 valence electrons. The van der Waals surface area contributed by atoms with Crippen LogP contribution in [0.5, 0.6) is 0 Å². The van der Waals surface area contributed by atoms with E-state index in [0.717, 1.165) is 0 Å². The van der Waals surface area contributed by atoms with Gasteiger partial charge in [0.1, 0.15) is 6.04 Å². The van der Waals surface area contributed by atoms with Crippen LogP contribution in [0.1, 0.15) is 16.8 Å². The molecule has 1 rings (SSSR count). The van der Waals surface area contributed by atoms with Crippen molar-refractivity contribution >= 4 is 29.9 Å². The number of benzene rings is 1.